The van der Waals surface area contributed by atoms with Gasteiger partial charge in [-0.1, -0.05) is 58.8 Å². The van der Waals surface area contributed by atoms with E-state index in [1.165, 1.54) is 30.6 Å². The summed E-state index contributed by atoms with van der Waals surface area (Å²) in [6, 6.07) is -0.534. The fourth-order valence-electron chi connectivity index (χ4n) is 3.75. The number of aliphatic hydroxyl groups excluding tert-OH is 1. The van der Waals surface area contributed by atoms with Crippen LogP contribution in [0, 0.1) is 11.8 Å². The van der Waals surface area contributed by atoms with Crippen molar-refractivity contribution in [3.63, 3.8) is 0 Å². The third-order valence-electron chi connectivity index (χ3n) is 6.94. The second-order valence-electron chi connectivity index (χ2n) is 12.8. The molecule has 7 heteroatoms. The molecule has 1 aliphatic heterocycles. The van der Waals surface area contributed by atoms with E-state index in [0.717, 1.165) is 32.3 Å². The number of amides is 1. The number of carbonyl (C=O) groups is 1. The Bertz CT molecular complexity index is 712. The lowest BCUT2D eigenvalue weighted by Gasteiger charge is -2.36. The van der Waals surface area contributed by atoms with Gasteiger partial charge in [-0.25, -0.2) is 4.79 Å². The minimum Gasteiger partial charge on any atom is -0.444 e. The van der Waals surface area contributed by atoms with Crippen molar-refractivity contribution in [3.05, 3.63) is 0 Å². The van der Waals surface area contributed by atoms with Crippen LogP contribution in [0.25, 0.3) is 0 Å². The van der Waals surface area contributed by atoms with Gasteiger partial charge in [0, 0.05) is 13.0 Å². The average molecular weight is 512 g/mol. The van der Waals surface area contributed by atoms with Gasteiger partial charge in [-0.15, -0.1) is 5.92 Å². The van der Waals surface area contributed by atoms with Crippen LogP contribution in [-0.2, 0) is 13.9 Å². The number of hydrogen-bond donors (Lipinski definition) is 1. The highest BCUT2D eigenvalue weighted by Gasteiger charge is 2.48. The molecule has 0 bridgehead atoms. The monoisotopic (exact) mass is 511 g/mol. The normalized spacial score (nSPS) is 19.3. The maximum absolute atomic E-state index is 12.7. The van der Waals surface area contributed by atoms with Crippen LogP contribution < -0.4 is 0 Å². The van der Waals surface area contributed by atoms with Crippen LogP contribution in [0.4, 0.5) is 4.79 Å². The van der Waals surface area contributed by atoms with Crippen molar-refractivity contribution in [2.45, 2.75) is 148 Å². The van der Waals surface area contributed by atoms with Gasteiger partial charge in [0.15, 0.2) is 8.32 Å². The molecular formula is C28H53NO5Si. The van der Waals surface area contributed by atoms with Crippen LogP contribution in [0.1, 0.15) is 107 Å². The first kappa shape index (κ1) is 32.0. The first-order valence-corrected chi connectivity index (χ1v) is 16.4. The summed E-state index contributed by atoms with van der Waals surface area (Å²) in [5.41, 5.74) is -1.46. The highest BCUT2D eigenvalue weighted by atomic mass is 28.4. The van der Waals surface area contributed by atoms with Crippen molar-refractivity contribution in [1.82, 2.24) is 4.90 Å². The Kier molecular flexibility index (Phi) is 12.3. The zero-order valence-electron chi connectivity index (χ0n) is 24.3. The quantitative estimate of drug-likeness (QED) is 0.186. The van der Waals surface area contributed by atoms with Crippen LogP contribution >= 0.6 is 0 Å². The number of rotatable bonds is 11. The van der Waals surface area contributed by atoms with E-state index >= 15 is 0 Å². The standard InChI is InChI=1S/C28H53NO5Si/c1-26(2,3)34-25(31)29-23(22-32-28(29,7)8)24(30)20-18-16-14-12-11-13-15-17-19-21-33-35(9,10)27(4,5)6/h23-24,30H,11-17,19,21-22H2,1-10H3/t23-,24+/m0/s1. The Labute approximate surface area is 216 Å². The van der Waals surface area contributed by atoms with Gasteiger partial charge in [-0.05, 0) is 65.6 Å². The first-order chi connectivity index (χ1) is 16.0. The van der Waals surface area contributed by atoms with E-state index < -0.39 is 37.9 Å². The van der Waals surface area contributed by atoms with Crippen LogP contribution in [0.15, 0.2) is 0 Å². The molecule has 1 saturated heterocycles. The van der Waals surface area contributed by atoms with Crippen molar-refractivity contribution in [2.75, 3.05) is 13.2 Å². The summed E-state index contributed by atoms with van der Waals surface area (Å²) in [4.78, 5) is 14.2. The molecule has 0 aliphatic carbocycles. The predicted molar refractivity (Wildman–Crippen MR) is 146 cm³/mol. The molecule has 1 aliphatic rings. The number of carbonyl (C=O) groups excluding carboxylic acids is 1. The fourth-order valence-corrected chi connectivity index (χ4v) is 4.84. The zero-order valence-corrected chi connectivity index (χ0v) is 25.3. The second-order valence-corrected chi connectivity index (χ2v) is 17.6. The Morgan fingerprint density at radius 3 is 2.14 bits per heavy atom. The van der Waals surface area contributed by atoms with E-state index in [1.54, 1.807) is 13.8 Å². The third kappa shape index (κ3) is 11.2. The minimum atomic E-state index is -1.61. The number of nitrogens with zero attached hydrogens (tertiary/aromatic N) is 1. The Morgan fingerprint density at radius 1 is 1.06 bits per heavy atom. The summed E-state index contributed by atoms with van der Waals surface area (Å²) in [5.74, 6) is 6.02. The van der Waals surface area contributed by atoms with Gasteiger partial charge in [0.05, 0.1) is 12.6 Å². The fraction of sp³-hybridized carbons (Fsp3) is 0.893. The van der Waals surface area contributed by atoms with Crippen LogP contribution in [0.3, 0.4) is 0 Å². The molecule has 1 amide bonds. The van der Waals surface area contributed by atoms with Gasteiger partial charge in [0.2, 0.25) is 0 Å². The number of aliphatic hydroxyl groups is 1. The van der Waals surface area contributed by atoms with Crippen molar-refractivity contribution in [1.29, 1.82) is 0 Å². The number of unbranched alkanes of at least 4 members (excludes halogenated alkanes) is 7. The molecule has 1 N–H and O–H groups in total. The van der Waals surface area contributed by atoms with E-state index in [4.69, 9.17) is 13.9 Å². The Balaban J connectivity index is 2.26. The lowest BCUT2D eigenvalue weighted by Crippen LogP contribution is -2.53. The van der Waals surface area contributed by atoms with Gasteiger partial charge in [-0.3, -0.25) is 4.90 Å². The third-order valence-corrected chi connectivity index (χ3v) is 11.5. The molecule has 204 valence electrons. The highest BCUT2D eigenvalue weighted by Crippen LogP contribution is 2.36. The summed E-state index contributed by atoms with van der Waals surface area (Å²) in [6.45, 7) is 21.7. The molecule has 0 aromatic heterocycles. The van der Waals surface area contributed by atoms with E-state index in [2.05, 4.69) is 45.7 Å². The maximum Gasteiger partial charge on any atom is 0.413 e. The summed E-state index contributed by atoms with van der Waals surface area (Å²) >= 11 is 0. The first-order valence-electron chi connectivity index (χ1n) is 13.4. The topological polar surface area (TPSA) is 68.2 Å². The molecule has 0 aromatic carbocycles. The molecular weight excluding hydrogens is 458 g/mol. The lowest BCUT2D eigenvalue weighted by molar-refractivity contribution is -0.0658. The SMILES string of the molecule is CC(C)(C)OC(=O)N1[C@H]([C@H](O)C#CCCCCCCCCCO[Si](C)(C)C(C)(C)C)COC1(C)C. The minimum absolute atomic E-state index is 0.239. The second kappa shape index (κ2) is 13.5. The number of ether oxygens (including phenoxy) is 2. The molecule has 0 unspecified atom stereocenters. The van der Waals surface area contributed by atoms with Gasteiger partial charge < -0.3 is 19.0 Å². The largest absolute Gasteiger partial charge is 0.444 e. The summed E-state index contributed by atoms with van der Waals surface area (Å²) in [7, 11) is -1.61. The summed E-state index contributed by atoms with van der Waals surface area (Å²) < 4.78 is 17.5. The van der Waals surface area contributed by atoms with Gasteiger partial charge >= 0.3 is 6.09 Å². The Morgan fingerprint density at radius 2 is 1.60 bits per heavy atom. The predicted octanol–water partition coefficient (Wildman–Crippen LogP) is 6.87. The van der Waals surface area contributed by atoms with Crippen molar-refractivity contribution >= 4 is 14.4 Å². The molecule has 35 heavy (non-hydrogen) atoms. The van der Waals surface area contributed by atoms with E-state index in [0.29, 0.717) is 0 Å². The Hall–Kier alpha value is -1.07. The molecule has 0 radical (unpaired) electrons. The van der Waals surface area contributed by atoms with Gasteiger partial charge in [-0.2, -0.15) is 0 Å². The summed E-state index contributed by atoms with van der Waals surface area (Å²) in [5, 5.41) is 10.9. The molecule has 0 aromatic rings. The molecule has 1 rings (SSSR count). The maximum atomic E-state index is 12.7. The lowest BCUT2D eigenvalue weighted by atomic mass is 10.1. The van der Waals surface area contributed by atoms with Crippen molar-refractivity contribution in [2.24, 2.45) is 0 Å². The van der Waals surface area contributed by atoms with Crippen molar-refractivity contribution in [3.8, 4) is 11.8 Å². The van der Waals surface area contributed by atoms with Crippen molar-refractivity contribution < 1.29 is 23.8 Å². The molecule has 1 heterocycles. The van der Waals surface area contributed by atoms with E-state index in [-0.39, 0.29) is 11.6 Å². The van der Waals surface area contributed by atoms with Gasteiger partial charge in [0.1, 0.15) is 17.4 Å². The molecule has 0 saturated carbocycles. The number of hydrogen-bond acceptors (Lipinski definition) is 5. The van der Waals surface area contributed by atoms with E-state index in [1.807, 2.05) is 20.8 Å². The zero-order chi connectivity index (χ0) is 26.9. The van der Waals surface area contributed by atoms with Crippen LogP contribution in [0.5, 0.6) is 0 Å². The average Bonchev–Trinajstić information content (AvgIpc) is 3.01. The smallest absolute Gasteiger partial charge is 0.413 e. The highest BCUT2D eigenvalue weighted by molar-refractivity contribution is 6.74. The summed E-state index contributed by atoms with van der Waals surface area (Å²) in [6.07, 6.45) is 7.57. The van der Waals surface area contributed by atoms with Crippen LogP contribution in [0.2, 0.25) is 18.1 Å². The molecule has 1 fully saturated rings. The molecule has 6 nitrogen and oxygen atoms in total. The van der Waals surface area contributed by atoms with Gasteiger partial charge in [0.25, 0.3) is 0 Å². The van der Waals surface area contributed by atoms with E-state index in [9.17, 15) is 9.90 Å². The van der Waals surface area contributed by atoms with Crippen LogP contribution in [-0.4, -0.2) is 61.1 Å². The molecule has 0 spiro atoms. The molecule has 2 atom stereocenters.